The lowest BCUT2D eigenvalue weighted by atomic mass is 9.62. The number of halogens is 1. The number of aryl methyl sites for hydroxylation is 2. The van der Waals surface area contributed by atoms with Crippen LogP contribution < -0.4 is 5.32 Å². The third-order valence-electron chi connectivity index (χ3n) is 6.99. The number of rotatable bonds is 8. The summed E-state index contributed by atoms with van der Waals surface area (Å²) in [6, 6.07) is 16.0. The normalized spacial score (nSPS) is 14.3. The third kappa shape index (κ3) is 5.15. The maximum Gasteiger partial charge on any atom is 0.303 e. The van der Waals surface area contributed by atoms with Gasteiger partial charge in [-0.2, -0.15) is 0 Å². The SMILES string of the molecule is Cc1ncc(-c2ccc(C3(CC(=O)Nc4cccc(CCC(=O)O)c4C)CCC3)cc2)cc1Cl. The molecule has 1 heterocycles. The lowest BCUT2D eigenvalue weighted by Crippen LogP contribution is -2.38. The highest BCUT2D eigenvalue weighted by molar-refractivity contribution is 6.31. The Hall–Kier alpha value is -3.18. The van der Waals surface area contributed by atoms with E-state index in [2.05, 4.69) is 34.6 Å². The van der Waals surface area contributed by atoms with Gasteiger partial charge in [0.25, 0.3) is 0 Å². The van der Waals surface area contributed by atoms with Crippen LogP contribution in [0.2, 0.25) is 5.02 Å². The van der Waals surface area contributed by atoms with Crippen molar-refractivity contribution in [2.45, 2.75) is 57.8 Å². The van der Waals surface area contributed by atoms with Crippen molar-refractivity contribution in [2.75, 3.05) is 5.32 Å². The smallest absolute Gasteiger partial charge is 0.303 e. The summed E-state index contributed by atoms with van der Waals surface area (Å²) >= 11 is 6.24. The number of aliphatic carboxylic acids is 1. The average molecular weight is 477 g/mol. The van der Waals surface area contributed by atoms with Crippen LogP contribution in [0.1, 0.15) is 54.5 Å². The molecule has 0 spiro atoms. The number of nitrogens with zero attached hydrogens (tertiary/aromatic N) is 1. The zero-order valence-electron chi connectivity index (χ0n) is 19.5. The van der Waals surface area contributed by atoms with E-state index in [9.17, 15) is 9.59 Å². The second kappa shape index (κ2) is 9.98. The Labute approximate surface area is 205 Å². The first-order valence-electron chi connectivity index (χ1n) is 11.6. The lowest BCUT2D eigenvalue weighted by Gasteiger charge is -2.42. The summed E-state index contributed by atoms with van der Waals surface area (Å²) in [5.74, 6) is -0.842. The van der Waals surface area contributed by atoms with Crippen molar-refractivity contribution in [3.63, 3.8) is 0 Å². The minimum atomic E-state index is -0.825. The molecule has 6 heteroatoms. The van der Waals surface area contributed by atoms with E-state index in [0.717, 1.165) is 52.9 Å². The summed E-state index contributed by atoms with van der Waals surface area (Å²) in [7, 11) is 0. The molecule has 2 aromatic carbocycles. The zero-order valence-corrected chi connectivity index (χ0v) is 20.3. The number of carboxylic acid groups (broad SMARTS) is 1. The maximum absolute atomic E-state index is 13.1. The summed E-state index contributed by atoms with van der Waals surface area (Å²) in [5.41, 5.74) is 6.47. The highest BCUT2D eigenvalue weighted by Crippen LogP contribution is 2.47. The van der Waals surface area contributed by atoms with Gasteiger partial charge in [0.1, 0.15) is 0 Å². The van der Waals surface area contributed by atoms with E-state index in [-0.39, 0.29) is 17.7 Å². The molecular weight excluding hydrogens is 448 g/mol. The topological polar surface area (TPSA) is 79.3 Å². The average Bonchev–Trinajstić information content (AvgIpc) is 2.79. The predicted octanol–water partition coefficient (Wildman–Crippen LogP) is 6.49. The van der Waals surface area contributed by atoms with E-state index in [0.29, 0.717) is 17.9 Å². The van der Waals surface area contributed by atoms with Crippen LogP contribution in [0.3, 0.4) is 0 Å². The van der Waals surface area contributed by atoms with Gasteiger partial charge in [-0.05, 0) is 67.5 Å². The highest BCUT2D eigenvalue weighted by Gasteiger charge is 2.40. The molecule has 1 fully saturated rings. The van der Waals surface area contributed by atoms with E-state index < -0.39 is 5.97 Å². The molecule has 0 saturated heterocycles. The fourth-order valence-electron chi connectivity index (χ4n) is 4.68. The van der Waals surface area contributed by atoms with Crippen molar-refractivity contribution in [1.82, 2.24) is 4.98 Å². The largest absolute Gasteiger partial charge is 0.481 e. The Morgan fingerprint density at radius 1 is 1.09 bits per heavy atom. The van der Waals surface area contributed by atoms with Crippen LogP contribution in [0.25, 0.3) is 11.1 Å². The molecular formula is C28H29ClN2O3. The number of carboxylic acids is 1. The molecule has 34 heavy (non-hydrogen) atoms. The highest BCUT2D eigenvalue weighted by atomic mass is 35.5. The number of aromatic nitrogens is 1. The van der Waals surface area contributed by atoms with E-state index in [1.807, 2.05) is 44.3 Å². The van der Waals surface area contributed by atoms with Gasteiger partial charge >= 0.3 is 5.97 Å². The van der Waals surface area contributed by atoms with Gasteiger partial charge in [0.15, 0.2) is 0 Å². The van der Waals surface area contributed by atoms with Crippen LogP contribution in [0.4, 0.5) is 5.69 Å². The van der Waals surface area contributed by atoms with E-state index in [1.165, 1.54) is 5.56 Å². The van der Waals surface area contributed by atoms with Crippen LogP contribution >= 0.6 is 11.6 Å². The molecule has 4 rings (SSSR count). The molecule has 0 radical (unpaired) electrons. The molecule has 0 unspecified atom stereocenters. The molecule has 2 N–H and O–H groups in total. The van der Waals surface area contributed by atoms with Gasteiger partial charge in [-0.15, -0.1) is 0 Å². The summed E-state index contributed by atoms with van der Waals surface area (Å²) < 4.78 is 0. The monoisotopic (exact) mass is 476 g/mol. The molecule has 1 aromatic heterocycles. The van der Waals surface area contributed by atoms with Crippen molar-refractivity contribution in [3.8, 4) is 11.1 Å². The Kier molecular flexibility index (Phi) is 7.03. The molecule has 176 valence electrons. The fraction of sp³-hybridized carbons (Fsp3) is 0.321. The minimum Gasteiger partial charge on any atom is -0.481 e. The van der Waals surface area contributed by atoms with Crippen molar-refractivity contribution in [2.24, 2.45) is 0 Å². The molecule has 3 aromatic rings. The first kappa shape index (κ1) is 24.0. The van der Waals surface area contributed by atoms with Crippen LogP contribution in [0, 0.1) is 13.8 Å². The second-order valence-electron chi connectivity index (χ2n) is 9.21. The van der Waals surface area contributed by atoms with Crippen molar-refractivity contribution < 1.29 is 14.7 Å². The number of hydrogen-bond donors (Lipinski definition) is 2. The first-order chi connectivity index (χ1) is 16.3. The molecule has 0 aliphatic heterocycles. The number of nitrogens with one attached hydrogen (secondary N) is 1. The third-order valence-corrected chi connectivity index (χ3v) is 7.38. The van der Waals surface area contributed by atoms with E-state index in [1.54, 1.807) is 0 Å². The number of anilines is 1. The second-order valence-corrected chi connectivity index (χ2v) is 9.62. The molecule has 1 amide bonds. The summed E-state index contributed by atoms with van der Waals surface area (Å²) in [4.78, 5) is 28.3. The zero-order chi connectivity index (χ0) is 24.3. The van der Waals surface area contributed by atoms with E-state index >= 15 is 0 Å². The van der Waals surface area contributed by atoms with Crippen molar-refractivity contribution in [3.05, 3.63) is 82.1 Å². The fourth-order valence-corrected chi connectivity index (χ4v) is 4.85. The summed E-state index contributed by atoms with van der Waals surface area (Å²) in [6.45, 7) is 3.81. The Morgan fingerprint density at radius 3 is 2.44 bits per heavy atom. The van der Waals surface area contributed by atoms with Crippen LogP contribution in [-0.2, 0) is 21.4 Å². The van der Waals surface area contributed by atoms with Gasteiger partial charge in [0.2, 0.25) is 5.91 Å². The maximum atomic E-state index is 13.1. The van der Waals surface area contributed by atoms with Crippen molar-refractivity contribution >= 4 is 29.2 Å². The predicted molar refractivity (Wildman–Crippen MR) is 135 cm³/mol. The lowest BCUT2D eigenvalue weighted by molar-refractivity contribution is -0.137. The van der Waals surface area contributed by atoms with Gasteiger partial charge in [0.05, 0.1) is 10.7 Å². The Bertz CT molecular complexity index is 1220. The standard InChI is InChI=1S/C28H29ClN2O3/c1-18-20(9-12-27(33)34)5-3-6-25(18)31-26(32)16-28(13-4-14-28)23-10-7-21(8-11-23)22-15-24(29)19(2)30-17-22/h3,5-8,10-11,15,17H,4,9,12-14,16H2,1-2H3,(H,31,32)(H,33,34). The molecule has 0 bridgehead atoms. The number of benzene rings is 2. The molecule has 1 aliphatic carbocycles. The van der Waals surface area contributed by atoms with Crippen LogP contribution in [0.15, 0.2) is 54.7 Å². The summed E-state index contributed by atoms with van der Waals surface area (Å²) in [5, 5.41) is 12.7. The van der Waals surface area contributed by atoms with Gasteiger partial charge in [-0.1, -0.05) is 54.4 Å². The van der Waals surface area contributed by atoms with Gasteiger partial charge in [0, 0.05) is 35.7 Å². The van der Waals surface area contributed by atoms with Crippen LogP contribution in [-0.4, -0.2) is 22.0 Å². The van der Waals surface area contributed by atoms with Gasteiger partial charge < -0.3 is 10.4 Å². The molecule has 5 nitrogen and oxygen atoms in total. The van der Waals surface area contributed by atoms with Gasteiger partial charge in [-0.3, -0.25) is 14.6 Å². The molecule has 1 saturated carbocycles. The number of carbonyl (C=O) groups excluding carboxylic acids is 1. The van der Waals surface area contributed by atoms with Gasteiger partial charge in [-0.25, -0.2) is 0 Å². The quantitative estimate of drug-likeness (QED) is 0.389. The molecule has 0 atom stereocenters. The summed E-state index contributed by atoms with van der Waals surface area (Å²) in [6.07, 6.45) is 5.84. The Morgan fingerprint density at radius 2 is 1.82 bits per heavy atom. The van der Waals surface area contributed by atoms with Crippen molar-refractivity contribution in [1.29, 1.82) is 0 Å². The Balaban J connectivity index is 1.47. The van der Waals surface area contributed by atoms with Crippen LogP contribution in [0.5, 0.6) is 0 Å². The number of pyridine rings is 1. The number of hydrogen-bond acceptors (Lipinski definition) is 3. The first-order valence-corrected chi connectivity index (χ1v) is 12.0. The number of amides is 1. The number of carbonyl (C=O) groups is 2. The minimum absolute atomic E-state index is 0.0169. The molecule has 1 aliphatic rings. The van der Waals surface area contributed by atoms with E-state index in [4.69, 9.17) is 16.7 Å².